The molecule has 2 heterocycles. The van der Waals surface area contributed by atoms with Gasteiger partial charge < -0.3 is 14.8 Å². The Morgan fingerprint density at radius 2 is 1.77 bits per heavy atom. The zero-order valence-electron chi connectivity index (χ0n) is 13.5. The SMILES string of the molecule is COc1ccc(CN2CCNCC2)cc1CN1CCOCC1. The molecule has 1 N–H and O–H groups in total. The van der Waals surface area contributed by atoms with Crippen LogP contribution in [-0.2, 0) is 17.8 Å². The molecule has 0 saturated carbocycles. The van der Waals surface area contributed by atoms with Crippen molar-refractivity contribution < 1.29 is 9.47 Å². The Morgan fingerprint density at radius 3 is 2.50 bits per heavy atom. The van der Waals surface area contributed by atoms with Crippen molar-refractivity contribution in [2.45, 2.75) is 13.1 Å². The van der Waals surface area contributed by atoms with Crippen molar-refractivity contribution in [3.05, 3.63) is 29.3 Å². The summed E-state index contributed by atoms with van der Waals surface area (Å²) in [7, 11) is 1.76. The van der Waals surface area contributed by atoms with Crippen LogP contribution >= 0.6 is 0 Å². The second kappa shape index (κ2) is 7.92. The lowest BCUT2D eigenvalue weighted by atomic mass is 10.1. The molecular weight excluding hydrogens is 278 g/mol. The fraction of sp³-hybridized carbons (Fsp3) is 0.647. The van der Waals surface area contributed by atoms with Crippen LogP contribution in [-0.4, -0.2) is 69.4 Å². The number of benzene rings is 1. The topological polar surface area (TPSA) is 37.0 Å². The van der Waals surface area contributed by atoms with E-state index in [1.165, 1.54) is 11.1 Å². The van der Waals surface area contributed by atoms with Crippen LogP contribution < -0.4 is 10.1 Å². The summed E-state index contributed by atoms with van der Waals surface area (Å²) in [6.07, 6.45) is 0. The molecular formula is C17H27N3O2. The molecule has 0 bridgehead atoms. The van der Waals surface area contributed by atoms with Crippen molar-refractivity contribution in [1.82, 2.24) is 15.1 Å². The van der Waals surface area contributed by atoms with Crippen molar-refractivity contribution in [2.24, 2.45) is 0 Å². The minimum atomic E-state index is 0.836. The summed E-state index contributed by atoms with van der Waals surface area (Å²) in [4.78, 5) is 4.95. The number of nitrogens with zero attached hydrogens (tertiary/aromatic N) is 2. The van der Waals surface area contributed by atoms with Crippen LogP contribution in [0.2, 0.25) is 0 Å². The van der Waals surface area contributed by atoms with E-state index in [1.807, 2.05) is 0 Å². The molecule has 0 aliphatic carbocycles. The van der Waals surface area contributed by atoms with Gasteiger partial charge in [0.05, 0.1) is 20.3 Å². The van der Waals surface area contributed by atoms with Crippen LogP contribution in [0.5, 0.6) is 5.75 Å². The maximum atomic E-state index is 5.55. The van der Waals surface area contributed by atoms with Crippen molar-refractivity contribution in [3.8, 4) is 5.75 Å². The minimum Gasteiger partial charge on any atom is -0.496 e. The van der Waals surface area contributed by atoms with Gasteiger partial charge in [-0.05, 0) is 17.7 Å². The molecule has 2 aliphatic rings. The van der Waals surface area contributed by atoms with Crippen molar-refractivity contribution in [1.29, 1.82) is 0 Å². The molecule has 2 saturated heterocycles. The molecule has 0 amide bonds. The summed E-state index contributed by atoms with van der Waals surface area (Å²) in [5.74, 6) is 0.996. The van der Waals surface area contributed by atoms with Gasteiger partial charge in [0.25, 0.3) is 0 Å². The van der Waals surface area contributed by atoms with Gasteiger partial charge in [0, 0.05) is 57.9 Å². The van der Waals surface area contributed by atoms with Gasteiger partial charge in [0.1, 0.15) is 5.75 Å². The number of nitrogens with one attached hydrogen (secondary N) is 1. The highest BCUT2D eigenvalue weighted by molar-refractivity contribution is 5.37. The zero-order chi connectivity index (χ0) is 15.2. The van der Waals surface area contributed by atoms with E-state index < -0.39 is 0 Å². The first-order valence-corrected chi connectivity index (χ1v) is 8.24. The predicted octanol–water partition coefficient (Wildman–Crippen LogP) is 0.933. The van der Waals surface area contributed by atoms with Gasteiger partial charge in [0.15, 0.2) is 0 Å². The number of ether oxygens (including phenoxy) is 2. The number of hydrogen-bond acceptors (Lipinski definition) is 5. The Labute approximate surface area is 133 Å². The summed E-state index contributed by atoms with van der Waals surface area (Å²) < 4.78 is 11.0. The molecule has 0 spiro atoms. The third-order valence-electron chi connectivity index (χ3n) is 4.46. The maximum absolute atomic E-state index is 5.55. The number of rotatable bonds is 5. The van der Waals surface area contributed by atoms with E-state index in [1.54, 1.807) is 7.11 Å². The Kier molecular flexibility index (Phi) is 5.67. The average Bonchev–Trinajstić information content (AvgIpc) is 2.57. The Hall–Kier alpha value is -1.14. The monoisotopic (exact) mass is 305 g/mol. The van der Waals surface area contributed by atoms with E-state index in [9.17, 15) is 0 Å². The van der Waals surface area contributed by atoms with E-state index in [0.717, 1.165) is 71.3 Å². The minimum absolute atomic E-state index is 0.836. The van der Waals surface area contributed by atoms with Gasteiger partial charge in [-0.1, -0.05) is 6.07 Å². The van der Waals surface area contributed by atoms with Gasteiger partial charge in [-0.2, -0.15) is 0 Å². The van der Waals surface area contributed by atoms with Gasteiger partial charge in [-0.25, -0.2) is 0 Å². The van der Waals surface area contributed by atoms with Crippen molar-refractivity contribution in [3.63, 3.8) is 0 Å². The molecule has 0 aromatic heterocycles. The first kappa shape index (κ1) is 15.7. The van der Waals surface area contributed by atoms with Crippen LogP contribution in [0.1, 0.15) is 11.1 Å². The third kappa shape index (κ3) is 4.20. The number of hydrogen-bond donors (Lipinski definition) is 1. The molecule has 0 unspecified atom stereocenters. The molecule has 1 aromatic carbocycles. The van der Waals surface area contributed by atoms with Gasteiger partial charge in [-0.3, -0.25) is 9.80 Å². The quantitative estimate of drug-likeness (QED) is 0.876. The highest BCUT2D eigenvalue weighted by atomic mass is 16.5. The summed E-state index contributed by atoms with van der Waals surface area (Å²) >= 11 is 0. The lowest BCUT2D eigenvalue weighted by molar-refractivity contribution is 0.0338. The normalized spacial score (nSPS) is 21.0. The largest absolute Gasteiger partial charge is 0.496 e. The Bertz CT molecular complexity index is 469. The summed E-state index contributed by atoms with van der Waals surface area (Å²) in [5, 5.41) is 3.40. The lowest BCUT2D eigenvalue weighted by Crippen LogP contribution is -2.42. The molecule has 2 fully saturated rings. The van der Waals surface area contributed by atoms with Gasteiger partial charge in [0.2, 0.25) is 0 Å². The highest BCUT2D eigenvalue weighted by Crippen LogP contribution is 2.23. The molecule has 3 rings (SSSR count). The summed E-state index contributed by atoms with van der Waals surface area (Å²) in [5.41, 5.74) is 2.67. The van der Waals surface area contributed by atoms with Crippen LogP contribution in [0.4, 0.5) is 0 Å². The fourth-order valence-corrected chi connectivity index (χ4v) is 3.18. The second-order valence-corrected chi connectivity index (χ2v) is 6.06. The van der Waals surface area contributed by atoms with E-state index in [4.69, 9.17) is 9.47 Å². The van der Waals surface area contributed by atoms with E-state index in [-0.39, 0.29) is 0 Å². The number of piperazine rings is 1. The molecule has 122 valence electrons. The van der Waals surface area contributed by atoms with Crippen molar-refractivity contribution >= 4 is 0 Å². The standard InChI is InChI=1S/C17H27N3O2/c1-21-17-3-2-15(13-19-6-4-18-5-7-19)12-16(17)14-20-8-10-22-11-9-20/h2-3,12,18H,4-11,13-14H2,1H3. The fourth-order valence-electron chi connectivity index (χ4n) is 3.18. The first-order valence-electron chi connectivity index (χ1n) is 8.24. The van der Waals surface area contributed by atoms with Crippen LogP contribution in [0.3, 0.4) is 0 Å². The Balaban J connectivity index is 1.67. The third-order valence-corrected chi connectivity index (χ3v) is 4.46. The molecule has 5 nitrogen and oxygen atoms in total. The maximum Gasteiger partial charge on any atom is 0.123 e. The molecule has 0 atom stereocenters. The van der Waals surface area contributed by atoms with E-state index in [0.29, 0.717) is 0 Å². The molecule has 22 heavy (non-hydrogen) atoms. The van der Waals surface area contributed by atoms with Gasteiger partial charge in [-0.15, -0.1) is 0 Å². The highest BCUT2D eigenvalue weighted by Gasteiger charge is 2.15. The van der Waals surface area contributed by atoms with Crippen molar-refractivity contribution in [2.75, 3.05) is 59.6 Å². The van der Waals surface area contributed by atoms with Crippen LogP contribution in [0.25, 0.3) is 0 Å². The molecule has 1 aromatic rings. The smallest absolute Gasteiger partial charge is 0.123 e. The first-order chi connectivity index (χ1) is 10.8. The Morgan fingerprint density at radius 1 is 1.05 bits per heavy atom. The van der Waals surface area contributed by atoms with Crippen LogP contribution in [0.15, 0.2) is 18.2 Å². The lowest BCUT2D eigenvalue weighted by Gasteiger charge is -2.29. The summed E-state index contributed by atoms with van der Waals surface area (Å²) in [6.45, 7) is 10.1. The number of methoxy groups -OCH3 is 1. The van der Waals surface area contributed by atoms with E-state index in [2.05, 4.69) is 33.3 Å². The average molecular weight is 305 g/mol. The van der Waals surface area contributed by atoms with E-state index >= 15 is 0 Å². The predicted molar refractivity (Wildman–Crippen MR) is 87.2 cm³/mol. The van der Waals surface area contributed by atoms with Gasteiger partial charge >= 0.3 is 0 Å². The number of morpholine rings is 1. The molecule has 0 radical (unpaired) electrons. The molecule has 5 heteroatoms. The zero-order valence-corrected chi connectivity index (χ0v) is 13.5. The second-order valence-electron chi connectivity index (χ2n) is 6.06. The van der Waals surface area contributed by atoms with Crippen LogP contribution in [0, 0.1) is 0 Å². The summed E-state index contributed by atoms with van der Waals surface area (Å²) in [6, 6.07) is 6.63. The molecule has 2 aliphatic heterocycles.